The molecule has 3 rings (SSSR count). The van der Waals surface area contributed by atoms with Crippen molar-refractivity contribution in [3.63, 3.8) is 0 Å². The van der Waals surface area contributed by atoms with Gasteiger partial charge in [0.2, 0.25) is 6.41 Å². The number of ether oxygens (including phenoxy) is 1. The van der Waals surface area contributed by atoms with E-state index >= 15 is 0 Å². The van der Waals surface area contributed by atoms with E-state index in [4.69, 9.17) is 4.74 Å². The van der Waals surface area contributed by atoms with Gasteiger partial charge in [-0.1, -0.05) is 42.0 Å². The van der Waals surface area contributed by atoms with Crippen molar-refractivity contribution in [3.05, 3.63) is 59.7 Å². The van der Waals surface area contributed by atoms with Gasteiger partial charge in [0.15, 0.2) is 0 Å². The van der Waals surface area contributed by atoms with Crippen molar-refractivity contribution in [1.29, 1.82) is 0 Å². The highest BCUT2D eigenvalue weighted by Gasteiger charge is 2.06. The van der Waals surface area contributed by atoms with E-state index in [1.54, 1.807) is 4.90 Å². The van der Waals surface area contributed by atoms with Crippen LogP contribution < -0.4 is 15.4 Å². The lowest BCUT2D eigenvalue weighted by atomic mass is 10.1. The Morgan fingerprint density at radius 2 is 1.83 bits per heavy atom. The molecule has 0 aliphatic carbocycles. The molecule has 0 atom stereocenters. The molecule has 1 aliphatic heterocycles. The van der Waals surface area contributed by atoms with Gasteiger partial charge in [0.1, 0.15) is 5.75 Å². The highest BCUT2D eigenvalue weighted by atomic mass is 16.5. The maximum atomic E-state index is 9.93. The molecule has 2 aromatic carbocycles. The monoisotopic (exact) mass is 397 g/mol. The minimum atomic E-state index is 0.183. The molecule has 1 fully saturated rings. The van der Waals surface area contributed by atoms with Crippen LogP contribution in [0.25, 0.3) is 0 Å². The first-order valence-electron chi connectivity index (χ1n) is 10.5. The molecule has 0 bridgehead atoms. The van der Waals surface area contributed by atoms with Crippen LogP contribution in [0, 0.1) is 6.92 Å². The maximum Gasteiger partial charge on any atom is 0.209 e. The highest BCUT2D eigenvalue weighted by Crippen LogP contribution is 2.24. The second-order valence-corrected chi connectivity index (χ2v) is 7.60. The third-order valence-electron chi connectivity index (χ3n) is 4.57. The van der Waals surface area contributed by atoms with Gasteiger partial charge in [-0.15, -0.1) is 0 Å². The number of hydrogen-bond acceptors (Lipinski definition) is 4. The fraction of sp³-hybridized carbons (Fsp3) is 0.458. The number of amides is 1. The lowest BCUT2D eigenvalue weighted by Gasteiger charge is -2.15. The molecule has 2 N–H and O–H groups in total. The number of benzene rings is 2. The zero-order chi connectivity index (χ0) is 20.9. The van der Waals surface area contributed by atoms with Crippen molar-refractivity contribution < 1.29 is 9.53 Å². The number of para-hydroxylation sites is 2. The summed E-state index contributed by atoms with van der Waals surface area (Å²) < 4.78 is 5.80. The van der Waals surface area contributed by atoms with E-state index in [1.165, 1.54) is 24.0 Å². The number of aryl methyl sites for hydroxylation is 1. The van der Waals surface area contributed by atoms with E-state index in [0.29, 0.717) is 0 Å². The molecular formula is C24H35N3O2. The van der Waals surface area contributed by atoms with Gasteiger partial charge < -0.3 is 20.3 Å². The number of nitrogens with one attached hydrogen (secondary N) is 2. The van der Waals surface area contributed by atoms with Crippen LogP contribution in [0.2, 0.25) is 0 Å². The van der Waals surface area contributed by atoms with Crippen molar-refractivity contribution in [2.75, 3.05) is 31.5 Å². The van der Waals surface area contributed by atoms with E-state index in [-0.39, 0.29) is 6.10 Å². The Hall–Kier alpha value is -2.53. The molecule has 5 nitrogen and oxygen atoms in total. The third-order valence-corrected chi connectivity index (χ3v) is 4.57. The van der Waals surface area contributed by atoms with Gasteiger partial charge in [0, 0.05) is 32.7 Å². The largest absolute Gasteiger partial charge is 0.489 e. The number of rotatable bonds is 9. The molecule has 0 radical (unpaired) electrons. The summed E-state index contributed by atoms with van der Waals surface area (Å²) in [6.07, 6.45) is 3.49. The molecule has 0 unspecified atom stereocenters. The van der Waals surface area contributed by atoms with Gasteiger partial charge in [-0.05, 0) is 51.3 Å². The van der Waals surface area contributed by atoms with Crippen LogP contribution >= 0.6 is 0 Å². The number of nitrogens with zero attached hydrogens (tertiary/aromatic N) is 1. The van der Waals surface area contributed by atoms with Crippen molar-refractivity contribution in [2.45, 2.75) is 46.3 Å². The number of carbonyl (C=O) groups is 1. The van der Waals surface area contributed by atoms with E-state index in [9.17, 15) is 4.79 Å². The van der Waals surface area contributed by atoms with Crippen LogP contribution in [-0.2, 0) is 11.3 Å². The summed E-state index contributed by atoms with van der Waals surface area (Å²) in [5.74, 6) is 0.913. The first-order valence-corrected chi connectivity index (χ1v) is 10.5. The van der Waals surface area contributed by atoms with Gasteiger partial charge in [-0.3, -0.25) is 4.79 Å². The van der Waals surface area contributed by atoms with Gasteiger partial charge in [0.25, 0.3) is 0 Å². The Morgan fingerprint density at radius 1 is 1.07 bits per heavy atom. The minimum absolute atomic E-state index is 0.183. The molecule has 0 spiro atoms. The summed E-state index contributed by atoms with van der Waals surface area (Å²) in [6, 6.07) is 16.7. The molecule has 0 saturated carbocycles. The van der Waals surface area contributed by atoms with Gasteiger partial charge in [-0.2, -0.15) is 0 Å². The lowest BCUT2D eigenvalue weighted by molar-refractivity contribution is -0.117. The molecule has 158 valence electrons. The fourth-order valence-electron chi connectivity index (χ4n) is 3.16. The SMILES string of the molecule is Cc1cccc(CNCCNc2ccccc2OC(C)C)c1.O=CN1CCCC1. The van der Waals surface area contributed by atoms with Crippen LogP contribution in [0.3, 0.4) is 0 Å². The number of likely N-dealkylation sites (tertiary alicyclic amines) is 1. The Morgan fingerprint density at radius 3 is 2.48 bits per heavy atom. The summed E-state index contributed by atoms with van der Waals surface area (Å²) in [5.41, 5.74) is 3.68. The summed E-state index contributed by atoms with van der Waals surface area (Å²) in [6.45, 7) is 10.8. The van der Waals surface area contributed by atoms with Gasteiger partial charge in [-0.25, -0.2) is 0 Å². The van der Waals surface area contributed by atoms with E-state index in [2.05, 4.69) is 47.9 Å². The van der Waals surface area contributed by atoms with Crippen molar-refractivity contribution in [2.24, 2.45) is 0 Å². The van der Waals surface area contributed by atoms with Crippen molar-refractivity contribution in [1.82, 2.24) is 10.2 Å². The fourth-order valence-corrected chi connectivity index (χ4v) is 3.16. The second-order valence-electron chi connectivity index (χ2n) is 7.60. The molecular weight excluding hydrogens is 362 g/mol. The van der Waals surface area contributed by atoms with E-state index in [1.807, 2.05) is 32.0 Å². The van der Waals surface area contributed by atoms with Gasteiger partial charge >= 0.3 is 0 Å². The standard InChI is InChI=1S/C19H26N2O.C5H9NO/c1-15(2)22-19-10-5-4-9-18(19)21-12-11-20-14-17-8-6-7-16(3)13-17;7-5-6-3-1-2-4-6/h4-10,13,15,20-21H,11-12,14H2,1-3H3;5H,1-4H2. The zero-order valence-electron chi connectivity index (χ0n) is 18.0. The predicted octanol–water partition coefficient (Wildman–Crippen LogP) is 4.22. The normalized spacial score (nSPS) is 13.0. The first kappa shape index (κ1) is 22.8. The van der Waals surface area contributed by atoms with Crippen LogP contribution in [0.15, 0.2) is 48.5 Å². The minimum Gasteiger partial charge on any atom is -0.489 e. The molecule has 1 heterocycles. The molecule has 5 heteroatoms. The Labute approximate surface area is 175 Å². The van der Waals surface area contributed by atoms with E-state index < -0.39 is 0 Å². The first-order chi connectivity index (χ1) is 14.1. The van der Waals surface area contributed by atoms with Crippen LogP contribution in [-0.4, -0.2) is 43.6 Å². The number of carbonyl (C=O) groups excluding carboxylic acids is 1. The highest BCUT2D eigenvalue weighted by molar-refractivity contribution is 5.56. The molecule has 29 heavy (non-hydrogen) atoms. The van der Waals surface area contributed by atoms with Crippen LogP contribution in [0.5, 0.6) is 5.75 Å². The average Bonchev–Trinajstić information content (AvgIpc) is 3.23. The van der Waals surface area contributed by atoms with Crippen molar-refractivity contribution >= 4 is 12.1 Å². The van der Waals surface area contributed by atoms with Crippen LogP contribution in [0.4, 0.5) is 5.69 Å². The smallest absolute Gasteiger partial charge is 0.209 e. The molecule has 1 saturated heterocycles. The molecule has 2 aromatic rings. The second kappa shape index (κ2) is 12.8. The molecule has 0 aromatic heterocycles. The quantitative estimate of drug-likeness (QED) is 0.491. The Kier molecular flexibility index (Phi) is 10.1. The van der Waals surface area contributed by atoms with E-state index in [0.717, 1.165) is 50.6 Å². The summed E-state index contributed by atoms with van der Waals surface area (Å²) in [7, 11) is 0. The maximum absolute atomic E-state index is 9.93. The Bertz CT molecular complexity index is 728. The number of anilines is 1. The lowest BCUT2D eigenvalue weighted by Crippen LogP contribution is -2.22. The Balaban J connectivity index is 0.000000360. The topological polar surface area (TPSA) is 53.6 Å². The zero-order valence-corrected chi connectivity index (χ0v) is 18.0. The van der Waals surface area contributed by atoms with Crippen LogP contribution in [0.1, 0.15) is 37.8 Å². The predicted molar refractivity (Wildman–Crippen MR) is 120 cm³/mol. The van der Waals surface area contributed by atoms with Crippen molar-refractivity contribution in [3.8, 4) is 5.75 Å². The summed E-state index contributed by atoms with van der Waals surface area (Å²) >= 11 is 0. The average molecular weight is 398 g/mol. The summed E-state index contributed by atoms with van der Waals surface area (Å²) in [5, 5.41) is 6.88. The number of hydrogen-bond donors (Lipinski definition) is 2. The van der Waals surface area contributed by atoms with Gasteiger partial charge in [0.05, 0.1) is 11.8 Å². The third kappa shape index (κ3) is 9.01. The molecule has 1 aliphatic rings. The summed E-state index contributed by atoms with van der Waals surface area (Å²) in [4.78, 5) is 11.7. The molecule has 1 amide bonds.